The van der Waals surface area contributed by atoms with Crippen molar-refractivity contribution in [2.75, 3.05) is 0 Å². The highest BCUT2D eigenvalue weighted by Crippen LogP contribution is 2.55. The van der Waals surface area contributed by atoms with Gasteiger partial charge in [0.05, 0.1) is 11.1 Å². The normalized spacial score (nSPS) is 25.5. The lowest BCUT2D eigenvalue weighted by molar-refractivity contribution is 0.0161. The summed E-state index contributed by atoms with van der Waals surface area (Å²) in [7, 11) is 0. The van der Waals surface area contributed by atoms with Crippen LogP contribution < -0.4 is 0 Å². The smallest absolute Gasteiger partial charge is 0.204 e. The van der Waals surface area contributed by atoms with Crippen LogP contribution in [0.25, 0.3) is 0 Å². The van der Waals surface area contributed by atoms with E-state index < -0.39 is 58.0 Å². The van der Waals surface area contributed by atoms with Gasteiger partial charge in [0.2, 0.25) is 11.7 Å². The first-order chi connectivity index (χ1) is 8.95. The van der Waals surface area contributed by atoms with Gasteiger partial charge in [-0.25, -0.2) is 26.3 Å². The van der Waals surface area contributed by atoms with Crippen molar-refractivity contribution in [3.63, 3.8) is 0 Å². The predicted octanol–water partition coefficient (Wildman–Crippen LogP) is 5.03. The molecular formula is C10F10. The second-order valence-electron chi connectivity index (χ2n) is 3.78. The number of halogens is 10. The van der Waals surface area contributed by atoms with Gasteiger partial charge in [0, 0.05) is 0 Å². The molecule has 0 unspecified atom stereocenters. The van der Waals surface area contributed by atoms with Crippen LogP contribution in [0.5, 0.6) is 0 Å². The Morgan fingerprint density at radius 1 is 0.450 bits per heavy atom. The molecule has 0 radical (unpaired) electrons. The quantitative estimate of drug-likeness (QED) is 0.550. The van der Waals surface area contributed by atoms with Crippen LogP contribution in [-0.4, -0.2) is 11.8 Å². The number of alkyl halides is 4. The fourth-order valence-electron chi connectivity index (χ4n) is 1.63. The van der Waals surface area contributed by atoms with Crippen molar-refractivity contribution in [3.05, 3.63) is 46.1 Å². The molecule has 10 heteroatoms. The van der Waals surface area contributed by atoms with Gasteiger partial charge in [0.1, 0.15) is 0 Å². The van der Waals surface area contributed by atoms with E-state index in [1.165, 1.54) is 0 Å². The van der Waals surface area contributed by atoms with Crippen molar-refractivity contribution in [2.45, 2.75) is 11.8 Å². The average molecular weight is 310 g/mol. The van der Waals surface area contributed by atoms with E-state index >= 15 is 0 Å². The van der Waals surface area contributed by atoms with Crippen molar-refractivity contribution in [1.29, 1.82) is 0 Å². The van der Waals surface area contributed by atoms with Crippen LogP contribution in [0.15, 0.2) is 46.1 Å². The van der Waals surface area contributed by atoms with Gasteiger partial charge in [-0.3, -0.25) is 0 Å². The molecule has 0 aliphatic heterocycles. The van der Waals surface area contributed by atoms with Crippen LogP contribution in [0, 0.1) is 0 Å². The third kappa shape index (κ3) is 1.50. The van der Waals surface area contributed by atoms with E-state index in [2.05, 4.69) is 0 Å². The minimum Gasteiger partial charge on any atom is -0.204 e. The summed E-state index contributed by atoms with van der Waals surface area (Å²) >= 11 is 0. The maximum Gasteiger partial charge on any atom is 0.353 e. The first-order valence-corrected chi connectivity index (χ1v) is 4.64. The van der Waals surface area contributed by atoms with Crippen LogP contribution in [0.2, 0.25) is 0 Å². The molecule has 0 aromatic rings. The zero-order valence-electron chi connectivity index (χ0n) is 8.78. The molecule has 0 fully saturated rings. The third-order valence-corrected chi connectivity index (χ3v) is 2.62. The molecule has 0 heterocycles. The fraction of sp³-hybridized carbons (Fsp3) is 0.200. The Kier molecular flexibility index (Phi) is 2.85. The van der Waals surface area contributed by atoms with Gasteiger partial charge in [0.25, 0.3) is 0 Å². The van der Waals surface area contributed by atoms with E-state index in [1.54, 1.807) is 0 Å². The van der Waals surface area contributed by atoms with Crippen molar-refractivity contribution in [2.24, 2.45) is 0 Å². The molecule has 2 rings (SSSR count). The third-order valence-electron chi connectivity index (χ3n) is 2.62. The average Bonchev–Trinajstić information content (AvgIpc) is 2.37. The summed E-state index contributed by atoms with van der Waals surface area (Å²) in [6, 6.07) is 0. The summed E-state index contributed by atoms with van der Waals surface area (Å²) in [6.07, 6.45) is 0. The van der Waals surface area contributed by atoms with Gasteiger partial charge in [-0.2, -0.15) is 17.6 Å². The van der Waals surface area contributed by atoms with E-state index in [0.717, 1.165) is 0 Å². The Labute approximate surface area is 103 Å². The highest BCUT2D eigenvalue weighted by Gasteiger charge is 2.58. The Hall–Kier alpha value is -1.74. The minimum atomic E-state index is -5.35. The second kappa shape index (κ2) is 3.89. The summed E-state index contributed by atoms with van der Waals surface area (Å²) in [5, 5.41) is 0. The Bertz CT molecular complexity index is 574. The van der Waals surface area contributed by atoms with E-state index in [9.17, 15) is 43.9 Å². The molecule has 2 aliphatic carbocycles. The number of hydrogen-bond acceptors (Lipinski definition) is 0. The topological polar surface area (TPSA) is 0 Å². The highest BCUT2D eigenvalue weighted by molar-refractivity contribution is 5.65. The first-order valence-electron chi connectivity index (χ1n) is 4.64. The largest absolute Gasteiger partial charge is 0.353 e. The van der Waals surface area contributed by atoms with Crippen LogP contribution in [0.3, 0.4) is 0 Å². The lowest BCUT2D eigenvalue weighted by atomic mass is 9.87. The van der Waals surface area contributed by atoms with E-state index in [0.29, 0.717) is 0 Å². The maximum absolute atomic E-state index is 13.2. The van der Waals surface area contributed by atoms with Crippen LogP contribution in [-0.2, 0) is 0 Å². The fourth-order valence-corrected chi connectivity index (χ4v) is 1.63. The molecule has 0 aromatic carbocycles. The second-order valence-corrected chi connectivity index (χ2v) is 3.78. The molecule has 0 N–H and O–H groups in total. The summed E-state index contributed by atoms with van der Waals surface area (Å²) in [5.74, 6) is -29.2. The van der Waals surface area contributed by atoms with E-state index in [4.69, 9.17) is 0 Å². The lowest BCUT2D eigenvalue weighted by Gasteiger charge is -2.28. The molecule has 0 aromatic heterocycles. The molecule has 0 saturated heterocycles. The monoisotopic (exact) mass is 310 g/mol. The van der Waals surface area contributed by atoms with Gasteiger partial charge < -0.3 is 0 Å². The Balaban J connectivity index is 2.93. The maximum atomic E-state index is 13.2. The predicted molar refractivity (Wildman–Crippen MR) is 44.6 cm³/mol. The summed E-state index contributed by atoms with van der Waals surface area (Å²) in [4.78, 5) is 0. The molecule has 0 atom stereocenters. The standard InChI is InChI=1S/C10F10/c11-3-1-2(6(14)10(19,20)7(3)15)4(12)8(16)9(17,18)5(1)13. The van der Waals surface area contributed by atoms with Gasteiger partial charge in [-0.1, -0.05) is 0 Å². The molecule has 0 saturated carbocycles. The molecule has 0 bridgehead atoms. The van der Waals surface area contributed by atoms with Gasteiger partial charge in [0.15, 0.2) is 23.3 Å². The van der Waals surface area contributed by atoms with Gasteiger partial charge in [-0.05, 0) is 0 Å². The summed E-state index contributed by atoms with van der Waals surface area (Å²) in [5.41, 5.74) is -4.82. The SMILES string of the molecule is FC1=C(F)C(F)(F)C(F)=C2C(F)=C(F)C(F)(F)C(F)=C12. The molecule has 2 aliphatic rings. The lowest BCUT2D eigenvalue weighted by Crippen LogP contribution is -2.32. The highest BCUT2D eigenvalue weighted by atomic mass is 19.3. The van der Waals surface area contributed by atoms with Crippen molar-refractivity contribution in [1.82, 2.24) is 0 Å². The van der Waals surface area contributed by atoms with Crippen molar-refractivity contribution < 1.29 is 43.9 Å². The number of fused-ring (bicyclic) bond motifs is 1. The van der Waals surface area contributed by atoms with Crippen molar-refractivity contribution in [3.8, 4) is 0 Å². The summed E-state index contributed by atoms with van der Waals surface area (Å²) in [6.45, 7) is 0. The van der Waals surface area contributed by atoms with Crippen LogP contribution >= 0.6 is 0 Å². The van der Waals surface area contributed by atoms with Crippen molar-refractivity contribution >= 4 is 0 Å². The van der Waals surface area contributed by atoms with Crippen LogP contribution in [0.4, 0.5) is 43.9 Å². The molecule has 20 heavy (non-hydrogen) atoms. The number of allylic oxidation sites excluding steroid dienone is 8. The first kappa shape index (κ1) is 14.7. The summed E-state index contributed by atoms with van der Waals surface area (Å²) < 4.78 is 130. The molecular weight excluding hydrogens is 310 g/mol. The minimum absolute atomic E-state index is 2.41. The molecule has 0 nitrogen and oxygen atoms in total. The number of hydrogen-bond donors (Lipinski definition) is 0. The Morgan fingerprint density at radius 2 is 0.700 bits per heavy atom. The van der Waals surface area contributed by atoms with E-state index in [-0.39, 0.29) is 0 Å². The number of rotatable bonds is 0. The Morgan fingerprint density at radius 3 is 0.950 bits per heavy atom. The van der Waals surface area contributed by atoms with Gasteiger partial charge in [-0.15, -0.1) is 0 Å². The molecule has 0 spiro atoms. The molecule has 0 amide bonds. The molecule has 110 valence electrons. The van der Waals surface area contributed by atoms with Crippen LogP contribution in [0.1, 0.15) is 0 Å². The zero-order chi connectivity index (χ0) is 15.6. The zero-order valence-corrected chi connectivity index (χ0v) is 8.78. The van der Waals surface area contributed by atoms with Gasteiger partial charge >= 0.3 is 11.8 Å². The van der Waals surface area contributed by atoms with E-state index in [1.807, 2.05) is 0 Å².